The van der Waals surface area contributed by atoms with Crippen LogP contribution in [-0.4, -0.2) is 14.3 Å². The van der Waals surface area contributed by atoms with Gasteiger partial charge >= 0.3 is 0 Å². The van der Waals surface area contributed by atoms with E-state index in [2.05, 4.69) is 42.7 Å². The van der Waals surface area contributed by atoms with Crippen LogP contribution in [-0.2, 0) is 20.0 Å². The highest BCUT2D eigenvalue weighted by Crippen LogP contribution is 2.23. The molecule has 2 N–H and O–H groups in total. The number of hydrogen-bond acceptors (Lipinski definition) is 2. The molecule has 110 valence electrons. The summed E-state index contributed by atoms with van der Waals surface area (Å²) >= 11 is 6.38. The summed E-state index contributed by atoms with van der Waals surface area (Å²) < 4.78 is 3.98. The van der Waals surface area contributed by atoms with Crippen LogP contribution in [0.2, 0.25) is 5.02 Å². The third kappa shape index (κ3) is 2.91. The normalized spacial score (nSPS) is 13.2. The molecule has 0 aliphatic heterocycles. The molecule has 0 aliphatic carbocycles. The smallest absolute Gasteiger partial charge is 0.0868 e. The number of halogens is 1. The molecule has 0 saturated carbocycles. The van der Waals surface area contributed by atoms with Gasteiger partial charge in [0.25, 0.3) is 0 Å². The molecule has 5 heteroatoms. The zero-order valence-electron chi connectivity index (χ0n) is 12.6. The molecule has 20 heavy (non-hydrogen) atoms. The number of hydrogen-bond donors (Lipinski definition) is 1. The van der Waals surface area contributed by atoms with Gasteiger partial charge in [0.05, 0.1) is 23.0 Å². The lowest BCUT2D eigenvalue weighted by molar-refractivity contribution is 0.513. The SMILES string of the molecule is CCc1nn(C)c(Cn2ccc(C(N)C(C)C)c2)c1Cl. The van der Waals surface area contributed by atoms with Gasteiger partial charge in [0, 0.05) is 25.5 Å². The number of nitrogens with zero attached hydrogens (tertiary/aromatic N) is 3. The van der Waals surface area contributed by atoms with Crippen LogP contribution in [0.25, 0.3) is 0 Å². The van der Waals surface area contributed by atoms with Crippen LogP contribution in [0, 0.1) is 5.92 Å². The average Bonchev–Trinajstić information content (AvgIpc) is 2.97. The van der Waals surface area contributed by atoms with E-state index in [-0.39, 0.29) is 6.04 Å². The molecule has 0 bridgehead atoms. The highest BCUT2D eigenvalue weighted by molar-refractivity contribution is 6.31. The van der Waals surface area contributed by atoms with Gasteiger partial charge in [0.15, 0.2) is 0 Å². The highest BCUT2D eigenvalue weighted by atomic mass is 35.5. The molecule has 2 aromatic rings. The Morgan fingerprint density at radius 2 is 2.10 bits per heavy atom. The summed E-state index contributed by atoms with van der Waals surface area (Å²) in [5.74, 6) is 0.429. The van der Waals surface area contributed by atoms with Gasteiger partial charge in [-0.15, -0.1) is 0 Å². The van der Waals surface area contributed by atoms with Gasteiger partial charge in [-0.25, -0.2) is 0 Å². The van der Waals surface area contributed by atoms with Crippen molar-refractivity contribution in [3.63, 3.8) is 0 Å². The standard InChI is InChI=1S/C15H23ClN4/c1-5-12-14(16)13(19(4)18-12)9-20-7-6-11(8-20)15(17)10(2)3/h6-8,10,15H,5,9,17H2,1-4H3. The summed E-state index contributed by atoms with van der Waals surface area (Å²) in [5.41, 5.74) is 9.32. The molecule has 2 aromatic heterocycles. The third-order valence-corrected chi connectivity index (χ3v) is 4.15. The molecule has 1 atom stereocenters. The minimum atomic E-state index is 0.0736. The largest absolute Gasteiger partial charge is 0.348 e. The molecule has 2 heterocycles. The Balaban J connectivity index is 2.21. The number of rotatable bonds is 5. The fourth-order valence-electron chi connectivity index (χ4n) is 2.30. The highest BCUT2D eigenvalue weighted by Gasteiger charge is 2.15. The van der Waals surface area contributed by atoms with Crippen LogP contribution >= 0.6 is 11.6 Å². The van der Waals surface area contributed by atoms with E-state index in [1.165, 1.54) is 0 Å². The maximum absolute atomic E-state index is 6.38. The Hall–Kier alpha value is -1.26. The van der Waals surface area contributed by atoms with Crippen LogP contribution < -0.4 is 5.73 Å². The first-order valence-corrected chi connectivity index (χ1v) is 7.43. The molecule has 0 fully saturated rings. The molecular weight excluding hydrogens is 272 g/mol. The van der Waals surface area contributed by atoms with E-state index in [1.54, 1.807) is 0 Å². The van der Waals surface area contributed by atoms with Gasteiger partial charge in [-0.1, -0.05) is 32.4 Å². The van der Waals surface area contributed by atoms with Crippen LogP contribution in [0.15, 0.2) is 18.5 Å². The van der Waals surface area contributed by atoms with Gasteiger partial charge < -0.3 is 10.3 Å². The molecule has 1 unspecified atom stereocenters. The first kappa shape index (κ1) is 15.1. The average molecular weight is 295 g/mol. The molecular formula is C15H23ClN4. The minimum Gasteiger partial charge on any atom is -0.348 e. The van der Waals surface area contributed by atoms with Crippen molar-refractivity contribution in [1.29, 1.82) is 0 Å². The molecule has 0 spiro atoms. The zero-order chi connectivity index (χ0) is 14.9. The summed E-state index contributed by atoms with van der Waals surface area (Å²) in [6, 6.07) is 2.15. The first-order valence-electron chi connectivity index (χ1n) is 7.05. The quantitative estimate of drug-likeness (QED) is 0.921. The predicted octanol–water partition coefficient (Wildman–Crippen LogP) is 3.14. The van der Waals surface area contributed by atoms with E-state index < -0.39 is 0 Å². The Morgan fingerprint density at radius 3 is 2.65 bits per heavy atom. The number of aryl methyl sites for hydroxylation is 2. The van der Waals surface area contributed by atoms with E-state index in [9.17, 15) is 0 Å². The number of nitrogens with two attached hydrogens (primary N) is 1. The number of aromatic nitrogens is 3. The summed E-state index contributed by atoms with van der Waals surface area (Å²) in [6.45, 7) is 7.04. The molecule has 0 aliphatic rings. The van der Waals surface area contributed by atoms with Crippen molar-refractivity contribution in [2.45, 2.75) is 39.8 Å². The van der Waals surface area contributed by atoms with Gasteiger partial charge in [0.2, 0.25) is 0 Å². The van der Waals surface area contributed by atoms with Gasteiger partial charge in [-0.05, 0) is 24.0 Å². The predicted molar refractivity (Wildman–Crippen MR) is 82.9 cm³/mol. The molecule has 0 saturated heterocycles. The van der Waals surface area contributed by atoms with Crippen LogP contribution in [0.3, 0.4) is 0 Å². The van der Waals surface area contributed by atoms with Crippen molar-refractivity contribution in [2.75, 3.05) is 0 Å². The second kappa shape index (κ2) is 6.02. The summed E-state index contributed by atoms with van der Waals surface area (Å²) in [5, 5.41) is 5.22. The molecule has 4 nitrogen and oxygen atoms in total. The molecule has 0 radical (unpaired) electrons. The Kier molecular flexibility index (Phi) is 4.55. The third-order valence-electron chi connectivity index (χ3n) is 3.71. The van der Waals surface area contributed by atoms with E-state index in [4.69, 9.17) is 17.3 Å². The fourth-order valence-corrected chi connectivity index (χ4v) is 2.66. The summed E-state index contributed by atoms with van der Waals surface area (Å²) in [4.78, 5) is 0. The van der Waals surface area contributed by atoms with Crippen molar-refractivity contribution in [1.82, 2.24) is 14.3 Å². The zero-order valence-corrected chi connectivity index (χ0v) is 13.4. The van der Waals surface area contributed by atoms with E-state index >= 15 is 0 Å². The first-order chi connectivity index (χ1) is 9.43. The topological polar surface area (TPSA) is 48.8 Å². The van der Waals surface area contributed by atoms with E-state index in [1.807, 2.05) is 17.9 Å². The minimum absolute atomic E-state index is 0.0736. The lowest BCUT2D eigenvalue weighted by Gasteiger charge is -2.13. The summed E-state index contributed by atoms with van der Waals surface area (Å²) in [7, 11) is 1.94. The van der Waals surface area contributed by atoms with Crippen LogP contribution in [0.4, 0.5) is 0 Å². The second-order valence-corrected chi connectivity index (χ2v) is 5.95. The molecule has 0 amide bonds. The van der Waals surface area contributed by atoms with E-state index in [0.29, 0.717) is 12.5 Å². The van der Waals surface area contributed by atoms with Crippen LogP contribution in [0.1, 0.15) is 43.8 Å². The fraction of sp³-hybridized carbons (Fsp3) is 0.533. The Labute approximate surface area is 125 Å². The Morgan fingerprint density at radius 1 is 1.40 bits per heavy atom. The van der Waals surface area contributed by atoms with Crippen LogP contribution in [0.5, 0.6) is 0 Å². The Bertz CT molecular complexity index is 583. The van der Waals surface area contributed by atoms with Crippen molar-refractivity contribution in [3.05, 3.63) is 40.4 Å². The van der Waals surface area contributed by atoms with Gasteiger partial charge in [0.1, 0.15) is 0 Å². The molecule has 0 aromatic carbocycles. The molecule has 2 rings (SSSR count). The maximum Gasteiger partial charge on any atom is 0.0868 e. The van der Waals surface area contributed by atoms with Gasteiger partial charge in [-0.2, -0.15) is 5.10 Å². The lowest BCUT2D eigenvalue weighted by Crippen LogP contribution is -2.16. The monoisotopic (exact) mass is 294 g/mol. The van der Waals surface area contributed by atoms with E-state index in [0.717, 1.165) is 28.4 Å². The van der Waals surface area contributed by atoms with Crippen molar-refractivity contribution in [3.8, 4) is 0 Å². The van der Waals surface area contributed by atoms with Gasteiger partial charge in [-0.3, -0.25) is 4.68 Å². The second-order valence-electron chi connectivity index (χ2n) is 5.57. The summed E-state index contributed by atoms with van der Waals surface area (Å²) in [6.07, 6.45) is 4.99. The maximum atomic E-state index is 6.38. The van der Waals surface area contributed by atoms with Crippen molar-refractivity contribution < 1.29 is 0 Å². The van der Waals surface area contributed by atoms with Crippen molar-refractivity contribution >= 4 is 11.6 Å². The lowest BCUT2D eigenvalue weighted by atomic mass is 10.00. The van der Waals surface area contributed by atoms with Crippen molar-refractivity contribution in [2.24, 2.45) is 18.7 Å².